The first kappa shape index (κ1) is 9.45. The summed E-state index contributed by atoms with van der Waals surface area (Å²) in [5, 5.41) is 9.14. The Morgan fingerprint density at radius 3 is 2.53 bits per heavy atom. The highest BCUT2D eigenvalue weighted by atomic mass is 16.3. The van der Waals surface area contributed by atoms with Crippen LogP contribution in [0.3, 0.4) is 0 Å². The van der Waals surface area contributed by atoms with Crippen molar-refractivity contribution in [3.63, 3.8) is 0 Å². The van der Waals surface area contributed by atoms with Crippen molar-refractivity contribution in [3.8, 4) is 17.1 Å². The van der Waals surface area contributed by atoms with E-state index in [1.807, 2.05) is 7.05 Å². The molecule has 2 rings (SSSR count). The minimum absolute atomic E-state index is 0.212. The molecule has 1 N–H and O–H groups in total. The van der Waals surface area contributed by atoms with Gasteiger partial charge in [0.2, 0.25) is 0 Å². The van der Waals surface area contributed by atoms with Gasteiger partial charge in [-0.1, -0.05) is 0 Å². The third-order valence-corrected chi connectivity index (χ3v) is 2.14. The molecule has 0 radical (unpaired) electrons. The number of aryl methyl sites for hydroxylation is 1. The van der Waals surface area contributed by atoms with Gasteiger partial charge >= 0.3 is 0 Å². The lowest BCUT2D eigenvalue weighted by Gasteiger charge is -2.00. The van der Waals surface area contributed by atoms with Gasteiger partial charge in [-0.05, 0) is 24.3 Å². The van der Waals surface area contributed by atoms with Crippen molar-refractivity contribution in [1.29, 1.82) is 0 Å². The van der Waals surface area contributed by atoms with Crippen LogP contribution < -0.4 is 0 Å². The van der Waals surface area contributed by atoms with Crippen molar-refractivity contribution in [1.82, 2.24) is 9.55 Å². The van der Waals surface area contributed by atoms with E-state index in [9.17, 15) is 4.79 Å². The van der Waals surface area contributed by atoms with Crippen LogP contribution in [-0.4, -0.2) is 20.9 Å². The fraction of sp³-hybridized carbons (Fsp3) is 0.0909. The van der Waals surface area contributed by atoms with Crippen molar-refractivity contribution in [2.75, 3.05) is 0 Å². The molecule has 0 atom stereocenters. The van der Waals surface area contributed by atoms with E-state index in [2.05, 4.69) is 4.98 Å². The smallest absolute Gasteiger partial charge is 0.170 e. The average Bonchev–Trinajstić information content (AvgIpc) is 2.61. The Bertz CT molecular complexity index is 486. The van der Waals surface area contributed by atoms with Crippen LogP contribution in [0.1, 0.15) is 10.5 Å². The summed E-state index contributed by atoms with van der Waals surface area (Å²) >= 11 is 0. The third-order valence-electron chi connectivity index (χ3n) is 2.14. The van der Waals surface area contributed by atoms with Crippen LogP contribution in [0.4, 0.5) is 0 Å². The highest BCUT2D eigenvalue weighted by Gasteiger charge is 2.06. The molecule has 2 aromatic rings. The number of hydrogen-bond donors (Lipinski definition) is 1. The Kier molecular flexibility index (Phi) is 2.25. The quantitative estimate of drug-likeness (QED) is 0.752. The molecule has 76 valence electrons. The number of aldehydes is 1. The lowest BCUT2D eigenvalue weighted by Crippen LogP contribution is -1.90. The monoisotopic (exact) mass is 202 g/mol. The molecule has 4 nitrogen and oxygen atoms in total. The van der Waals surface area contributed by atoms with Gasteiger partial charge in [-0.2, -0.15) is 0 Å². The maximum absolute atomic E-state index is 10.5. The molecule has 0 fully saturated rings. The molecule has 0 aliphatic heterocycles. The standard InChI is InChI=1S/C11H10N2O2/c1-13-6-9(7-14)12-11(13)8-2-4-10(15)5-3-8/h2-7,15H,1H3. The van der Waals surface area contributed by atoms with Crippen LogP contribution in [0.2, 0.25) is 0 Å². The molecule has 0 saturated carbocycles. The van der Waals surface area contributed by atoms with Crippen molar-refractivity contribution < 1.29 is 9.90 Å². The Balaban J connectivity index is 2.48. The van der Waals surface area contributed by atoms with Gasteiger partial charge in [-0.15, -0.1) is 0 Å². The molecule has 4 heteroatoms. The number of rotatable bonds is 2. The number of imidazole rings is 1. The molecule has 0 unspecified atom stereocenters. The van der Waals surface area contributed by atoms with Gasteiger partial charge in [0.05, 0.1) is 0 Å². The SMILES string of the molecule is Cn1cc(C=O)nc1-c1ccc(O)cc1. The van der Waals surface area contributed by atoms with E-state index in [1.165, 1.54) is 0 Å². The van der Waals surface area contributed by atoms with Crippen molar-refractivity contribution in [2.24, 2.45) is 7.05 Å². The highest BCUT2D eigenvalue weighted by Crippen LogP contribution is 2.20. The van der Waals surface area contributed by atoms with Gasteiger partial charge < -0.3 is 9.67 Å². The summed E-state index contributed by atoms with van der Waals surface area (Å²) in [6.45, 7) is 0. The van der Waals surface area contributed by atoms with Gasteiger partial charge in [-0.3, -0.25) is 4.79 Å². The van der Waals surface area contributed by atoms with Gasteiger partial charge in [0.1, 0.15) is 17.3 Å². The van der Waals surface area contributed by atoms with E-state index >= 15 is 0 Å². The van der Waals surface area contributed by atoms with Crippen LogP contribution >= 0.6 is 0 Å². The predicted molar refractivity (Wildman–Crippen MR) is 55.7 cm³/mol. The minimum Gasteiger partial charge on any atom is -0.508 e. The number of benzene rings is 1. The molecule has 0 aliphatic carbocycles. The maximum Gasteiger partial charge on any atom is 0.170 e. The van der Waals surface area contributed by atoms with E-state index in [0.29, 0.717) is 17.8 Å². The highest BCUT2D eigenvalue weighted by molar-refractivity contribution is 5.73. The zero-order valence-corrected chi connectivity index (χ0v) is 8.21. The average molecular weight is 202 g/mol. The summed E-state index contributed by atoms with van der Waals surface area (Å²) in [6.07, 6.45) is 2.37. The van der Waals surface area contributed by atoms with Gasteiger partial charge in [0, 0.05) is 18.8 Å². The molecule has 0 amide bonds. The number of carbonyl (C=O) groups is 1. The van der Waals surface area contributed by atoms with Crippen molar-refractivity contribution >= 4 is 6.29 Å². The Morgan fingerprint density at radius 2 is 2.00 bits per heavy atom. The molecule has 15 heavy (non-hydrogen) atoms. The van der Waals surface area contributed by atoms with Crippen molar-refractivity contribution in [3.05, 3.63) is 36.2 Å². The van der Waals surface area contributed by atoms with Crippen LogP contribution in [0.5, 0.6) is 5.75 Å². The van der Waals surface area contributed by atoms with E-state index in [0.717, 1.165) is 5.56 Å². The summed E-state index contributed by atoms with van der Waals surface area (Å²) in [5.74, 6) is 0.917. The molecule has 1 aromatic carbocycles. The van der Waals surface area contributed by atoms with E-state index in [1.54, 1.807) is 35.0 Å². The number of nitrogens with zero attached hydrogens (tertiary/aromatic N) is 2. The number of hydrogen-bond acceptors (Lipinski definition) is 3. The molecule has 1 heterocycles. The number of aromatic hydroxyl groups is 1. The molecule has 0 bridgehead atoms. The summed E-state index contributed by atoms with van der Waals surface area (Å²) in [6, 6.07) is 6.69. The van der Waals surface area contributed by atoms with E-state index < -0.39 is 0 Å². The van der Waals surface area contributed by atoms with Crippen LogP contribution in [0, 0.1) is 0 Å². The summed E-state index contributed by atoms with van der Waals surface area (Å²) in [4.78, 5) is 14.7. The molecule has 1 aromatic heterocycles. The largest absolute Gasteiger partial charge is 0.508 e. The van der Waals surface area contributed by atoms with Crippen LogP contribution in [0.25, 0.3) is 11.4 Å². The summed E-state index contributed by atoms with van der Waals surface area (Å²) in [5.41, 5.74) is 1.27. The van der Waals surface area contributed by atoms with Gasteiger partial charge in [0.25, 0.3) is 0 Å². The van der Waals surface area contributed by atoms with Crippen molar-refractivity contribution in [2.45, 2.75) is 0 Å². The first-order valence-corrected chi connectivity index (χ1v) is 4.48. The zero-order valence-electron chi connectivity index (χ0n) is 8.21. The summed E-state index contributed by atoms with van der Waals surface area (Å²) in [7, 11) is 1.82. The Morgan fingerprint density at radius 1 is 1.33 bits per heavy atom. The number of phenolic OH excluding ortho intramolecular Hbond substituents is 1. The van der Waals surface area contributed by atoms with E-state index in [4.69, 9.17) is 5.11 Å². The fourth-order valence-corrected chi connectivity index (χ4v) is 1.43. The minimum atomic E-state index is 0.212. The zero-order chi connectivity index (χ0) is 10.8. The van der Waals surface area contributed by atoms with E-state index in [-0.39, 0.29) is 5.75 Å². The summed E-state index contributed by atoms with van der Waals surface area (Å²) < 4.78 is 1.77. The normalized spacial score (nSPS) is 10.2. The Hall–Kier alpha value is -2.10. The second-order valence-electron chi connectivity index (χ2n) is 3.27. The third kappa shape index (κ3) is 1.74. The topological polar surface area (TPSA) is 55.1 Å². The number of phenols is 1. The molecular weight excluding hydrogens is 192 g/mol. The molecule has 0 saturated heterocycles. The van der Waals surface area contributed by atoms with Gasteiger partial charge in [0.15, 0.2) is 6.29 Å². The second kappa shape index (κ2) is 3.57. The van der Waals surface area contributed by atoms with Crippen LogP contribution in [0.15, 0.2) is 30.5 Å². The molecular formula is C11H10N2O2. The molecule has 0 spiro atoms. The predicted octanol–water partition coefficient (Wildman–Crippen LogP) is 1.61. The van der Waals surface area contributed by atoms with Gasteiger partial charge in [-0.25, -0.2) is 4.98 Å². The number of carbonyl (C=O) groups excluding carboxylic acids is 1. The van der Waals surface area contributed by atoms with Crippen LogP contribution in [-0.2, 0) is 7.05 Å². The lowest BCUT2D eigenvalue weighted by atomic mass is 10.2. The second-order valence-corrected chi connectivity index (χ2v) is 3.27. The fourth-order valence-electron chi connectivity index (χ4n) is 1.43. The first-order valence-electron chi connectivity index (χ1n) is 4.48. The first-order chi connectivity index (χ1) is 7.20. The lowest BCUT2D eigenvalue weighted by molar-refractivity contribution is 0.111. The Labute approximate surface area is 86.8 Å². The number of aromatic nitrogens is 2. The maximum atomic E-state index is 10.5. The molecule has 0 aliphatic rings.